The SMILES string of the molecule is Cc1cccc(N)c1.Cc1cccc(NC(=O)c2ccc([N+](=O)[O-])cc2)c1.O=C(Cl)c1ccc([N+](=O)[O-])cc1. The van der Waals surface area contributed by atoms with Crippen LogP contribution in [0.3, 0.4) is 0 Å². The van der Waals surface area contributed by atoms with Crippen LogP contribution in [0.15, 0.2) is 97.1 Å². The second-order valence-corrected chi connectivity index (χ2v) is 8.46. The molecule has 0 aromatic heterocycles. The molecule has 0 radical (unpaired) electrons. The van der Waals surface area contributed by atoms with Crippen LogP contribution in [0, 0.1) is 34.1 Å². The molecule has 10 nitrogen and oxygen atoms in total. The maximum Gasteiger partial charge on any atom is 0.269 e. The third kappa shape index (κ3) is 10.4. The zero-order chi connectivity index (χ0) is 28.9. The van der Waals surface area contributed by atoms with Crippen molar-refractivity contribution in [3.63, 3.8) is 0 Å². The molecule has 39 heavy (non-hydrogen) atoms. The van der Waals surface area contributed by atoms with E-state index in [1.54, 1.807) is 6.07 Å². The fraction of sp³-hybridized carbons (Fsp3) is 0.0714. The predicted molar refractivity (Wildman–Crippen MR) is 151 cm³/mol. The summed E-state index contributed by atoms with van der Waals surface area (Å²) in [7, 11) is 0. The summed E-state index contributed by atoms with van der Waals surface area (Å²) < 4.78 is 0. The van der Waals surface area contributed by atoms with Gasteiger partial charge >= 0.3 is 0 Å². The second kappa shape index (κ2) is 14.6. The van der Waals surface area contributed by atoms with Crippen LogP contribution in [0.25, 0.3) is 0 Å². The molecule has 4 rings (SSSR count). The Morgan fingerprint density at radius 2 is 1.18 bits per heavy atom. The van der Waals surface area contributed by atoms with Crippen LogP contribution < -0.4 is 11.1 Å². The largest absolute Gasteiger partial charge is 0.399 e. The first-order valence-corrected chi connectivity index (χ1v) is 11.7. The number of nitrogen functional groups attached to an aromatic ring is 1. The van der Waals surface area contributed by atoms with Crippen molar-refractivity contribution in [2.75, 3.05) is 11.1 Å². The van der Waals surface area contributed by atoms with Gasteiger partial charge in [-0.15, -0.1) is 0 Å². The Morgan fingerprint density at radius 1 is 0.718 bits per heavy atom. The highest BCUT2D eigenvalue weighted by atomic mass is 35.5. The summed E-state index contributed by atoms with van der Waals surface area (Å²) in [6, 6.07) is 25.8. The first kappa shape index (κ1) is 30.1. The minimum absolute atomic E-state index is 0.0351. The van der Waals surface area contributed by atoms with E-state index in [2.05, 4.69) is 5.32 Å². The molecule has 4 aromatic rings. The number of rotatable bonds is 5. The highest BCUT2D eigenvalue weighted by Crippen LogP contribution is 2.15. The van der Waals surface area contributed by atoms with Gasteiger partial charge in [-0.3, -0.25) is 29.8 Å². The fourth-order valence-electron chi connectivity index (χ4n) is 3.04. The van der Waals surface area contributed by atoms with Gasteiger partial charge in [0.05, 0.1) is 9.85 Å². The van der Waals surface area contributed by atoms with Crippen molar-refractivity contribution in [1.82, 2.24) is 0 Å². The molecule has 0 unspecified atom stereocenters. The third-order valence-electron chi connectivity index (χ3n) is 4.96. The molecule has 0 saturated heterocycles. The molecule has 11 heteroatoms. The van der Waals surface area contributed by atoms with E-state index in [-0.39, 0.29) is 22.8 Å². The molecular formula is C28H25ClN4O6. The van der Waals surface area contributed by atoms with Crippen LogP contribution >= 0.6 is 11.6 Å². The number of hydrogen-bond donors (Lipinski definition) is 2. The minimum atomic E-state index is -0.620. The molecule has 0 atom stereocenters. The summed E-state index contributed by atoms with van der Waals surface area (Å²) in [6.07, 6.45) is 0. The summed E-state index contributed by atoms with van der Waals surface area (Å²) >= 11 is 5.13. The molecule has 0 fully saturated rings. The third-order valence-corrected chi connectivity index (χ3v) is 5.18. The number of nitrogens with two attached hydrogens (primary N) is 1. The Bertz CT molecular complexity index is 1410. The van der Waals surface area contributed by atoms with Gasteiger partial charge in [0, 0.05) is 46.8 Å². The smallest absolute Gasteiger partial charge is 0.269 e. The summed E-state index contributed by atoms with van der Waals surface area (Å²) in [5.74, 6) is -0.291. The number of nitro groups is 2. The number of nitro benzene ring substituents is 2. The molecule has 0 aliphatic rings. The first-order valence-electron chi connectivity index (χ1n) is 11.3. The van der Waals surface area contributed by atoms with Gasteiger partial charge in [-0.25, -0.2) is 0 Å². The number of benzene rings is 4. The van der Waals surface area contributed by atoms with Crippen molar-refractivity contribution >= 4 is 45.5 Å². The predicted octanol–water partition coefficient (Wildman–Crippen LogP) is 6.71. The van der Waals surface area contributed by atoms with E-state index in [1.807, 2.05) is 56.3 Å². The van der Waals surface area contributed by atoms with Crippen LogP contribution in [0.4, 0.5) is 22.7 Å². The fourth-order valence-corrected chi connectivity index (χ4v) is 3.17. The Labute approximate surface area is 229 Å². The average molecular weight is 549 g/mol. The average Bonchev–Trinajstić information content (AvgIpc) is 2.89. The summed E-state index contributed by atoms with van der Waals surface area (Å²) in [6.45, 7) is 3.96. The number of non-ortho nitro benzene ring substituents is 2. The number of hydrogen-bond acceptors (Lipinski definition) is 7. The van der Waals surface area contributed by atoms with Gasteiger partial charge < -0.3 is 11.1 Å². The monoisotopic (exact) mass is 548 g/mol. The number of carbonyl (C=O) groups is 2. The van der Waals surface area contributed by atoms with Crippen LogP contribution in [-0.4, -0.2) is 21.0 Å². The van der Waals surface area contributed by atoms with E-state index < -0.39 is 15.1 Å². The Kier molecular flexibility index (Phi) is 11.3. The van der Waals surface area contributed by atoms with E-state index in [4.69, 9.17) is 17.3 Å². The van der Waals surface area contributed by atoms with E-state index in [0.29, 0.717) is 11.3 Å². The topological polar surface area (TPSA) is 158 Å². The standard InChI is InChI=1S/C14H12N2O3.C7H4ClNO3.C7H9N/c1-10-3-2-4-12(9-10)15-14(17)11-5-7-13(8-6-11)16(18)19;8-7(10)5-1-3-6(4-2-5)9(11)12;1-6-3-2-4-7(8)5-6/h2-9H,1H3,(H,15,17);1-4H;2-5H,8H2,1H3. The molecule has 0 heterocycles. The van der Waals surface area contributed by atoms with Crippen molar-refractivity contribution in [2.24, 2.45) is 0 Å². The van der Waals surface area contributed by atoms with E-state index >= 15 is 0 Å². The lowest BCUT2D eigenvalue weighted by atomic mass is 10.1. The van der Waals surface area contributed by atoms with Gasteiger partial charge in [0.25, 0.3) is 22.5 Å². The second-order valence-electron chi connectivity index (χ2n) is 8.12. The molecule has 3 N–H and O–H groups in total. The van der Waals surface area contributed by atoms with Crippen LogP contribution in [0.5, 0.6) is 0 Å². The number of halogens is 1. The van der Waals surface area contributed by atoms with Gasteiger partial charge in [-0.2, -0.15) is 0 Å². The van der Waals surface area contributed by atoms with Crippen LogP contribution in [-0.2, 0) is 0 Å². The molecule has 0 aliphatic carbocycles. The van der Waals surface area contributed by atoms with Gasteiger partial charge in [0.15, 0.2) is 0 Å². The zero-order valence-corrected chi connectivity index (χ0v) is 21.8. The Hall–Kier alpha value is -5.09. The quantitative estimate of drug-likeness (QED) is 0.121. The number of aryl methyl sites for hydroxylation is 2. The highest BCUT2D eigenvalue weighted by Gasteiger charge is 2.09. The zero-order valence-electron chi connectivity index (χ0n) is 21.0. The molecule has 0 spiro atoms. The maximum absolute atomic E-state index is 11.9. The van der Waals surface area contributed by atoms with Crippen LogP contribution in [0.2, 0.25) is 0 Å². The number of carbonyl (C=O) groups excluding carboxylic acids is 2. The lowest BCUT2D eigenvalue weighted by molar-refractivity contribution is -0.385. The first-order chi connectivity index (χ1) is 18.5. The Balaban J connectivity index is 0.000000227. The molecule has 1 amide bonds. The molecule has 0 bridgehead atoms. The van der Waals surface area contributed by atoms with Crippen molar-refractivity contribution in [3.8, 4) is 0 Å². The van der Waals surface area contributed by atoms with Crippen LogP contribution in [0.1, 0.15) is 31.8 Å². The van der Waals surface area contributed by atoms with E-state index in [0.717, 1.165) is 11.3 Å². The lowest BCUT2D eigenvalue weighted by Gasteiger charge is -2.05. The molecule has 200 valence electrons. The summed E-state index contributed by atoms with van der Waals surface area (Å²) in [4.78, 5) is 42.1. The number of nitrogens with zero attached hydrogens (tertiary/aromatic N) is 2. The van der Waals surface area contributed by atoms with Gasteiger partial charge in [-0.1, -0.05) is 24.3 Å². The van der Waals surface area contributed by atoms with Crippen molar-refractivity contribution in [2.45, 2.75) is 13.8 Å². The van der Waals surface area contributed by atoms with Gasteiger partial charge in [-0.05, 0) is 85.1 Å². The number of amides is 1. The Morgan fingerprint density at radius 3 is 1.56 bits per heavy atom. The maximum atomic E-state index is 11.9. The summed E-state index contributed by atoms with van der Waals surface area (Å²) in [5.41, 5.74) is 9.79. The number of nitrogens with one attached hydrogen (secondary N) is 1. The minimum Gasteiger partial charge on any atom is -0.399 e. The van der Waals surface area contributed by atoms with Gasteiger partial charge in [0.1, 0.15) is 0 Å². The van der Waals surface area contributed by atoms with E-state index in [9.17, 15) is 29.8 Å². The van der Waals surface area contributed by atoms with Crippen molar-refractivity contribution in [1.29, 1.82) is 0 Å². The molecular weight excluding hydrogens is 524 g/mol. The summed E-state index contributed by atoms with van der Waals surface area (Å²) in [5, 5.41) is 22.8. The molecule has 0 aliphatic heterocycles. The lowest BCUT2D eigenvalue weighted by Crippen LogP contribution is -2.11. The van der Waals surface area contributed by atoms with Gasteiger partial charge in [0.2, 0.25) is 0 Å². The van der Waals surface area contributed by atoms with Crippen molar-refractivity contribution < 1.29 is 19.4 Å². The van der Waals surface area contributed by atoms with Crippen molar-refractivity contribution in [3.05, 3.63) is 140 Å². The number of anilines is 2. The normalized spacial score (nSPS) is 9.62. The molecule has 0 saturated carbocycles. The molecule has 4 aromatic carbocycles. The highest BCUT2D eigenvalue weighted by molar-refractivity contribution is 6.67. The van der Waals surface area contributed by atoms with E-state index in [1.165, 1.54) is 54.1 Å².